The summed E-state index contributed by atoms with van der Waals surface area (Å²) in [7, 11) is 0. The minimum absolute atomic E-state index is 0.811. The summed E-state index contributed by atoms with van der Waals surface area (Å²) < 4.78 is 0. The predicted octanol–water partition coefficient (Wildman–Crippen LogP) is 6.25. The van der Waals surface area contributed by atoms with Gasteiger partial charge in [0, 0.05) is 22.5 Å². The molecule has 0 aliphatic heterocycles. The molecule has 0 unspecified atom stereocenters. The largest absolute Gasteiger partial charge is 0.255 e. The first-order valence-electron chi connectivity index (χ1n) is 11.4. The number of hydrogen-bond acceptors (Lipinski definition) is 5. The van der Waals surface area contributed by atoms with Gasteiger partial charge in [-0.15, -0.1) is 10.2 Å². The first-order chi connectivity index (χ1) is 17.3. The second-order valence-electron chi connectivity index (χ2n) is 8.32. The summed E-state index contributed by atoms with van der Waals surface area (Å²) in [6.45, 7) is 0. The van der Waals surface area contributed by atoms with Crippen LogP contribution < -0.4 is 0 Å². The summed E-state index contributed by atoms with van der Waals surface area (Å²) >= 11 is 0. The molecular formula is C29H18N6. The molecule has 4 aromatic heterocycles. The number of aromatic nitrogens is 6. The first kappa shape index (κ1) is 19.5. The van der Waals surface area contributed by atoms with Crippen LogP contribution in [0.5, 0.6) is 0 Å². The van der Waals surface area contributed by atoms with Crippen LogP contribution in [0.25, 0.3) is 61.2 Å². The zero-order valence-corrected chi connectivity index (χ0v) is 18.6. The van der Waals surface area contributed by atoms with E-state index >= 15 is 0 Å². The van der Waals surface area contributed by atoms with E-state index in [2.05, 4.69) is 34.3 Å². The van der Waals surface area contributed by atoms with Crippen LogP contribution in [0.15, 0.2) is 109 Å². The lowest BCUT2D eigenvalue weighted by molar-refractivity contribution is 0.766. The maximum absolute atomic E-state index is 5.08. The van der Waals surface area contributed by atoms with Gasteiger partial charge in [-0.2, -0.15) is 4.80 Å². The number of fused-ring (bicyclic) bond motifs is 4. The minimum Gasteiger partial charge on any atom is -0.255 e. The summed E-state index contributed by atoms with van der Waals surface area (Å²) in [6, 6.07) is 34.1. The highest BCUT2D eigenvalue weighted by atomic mass is 15.5. The molecule has 0 saturated carbocycles. The number of para-hydroxylation sites is 1. The van der Waals surface area contributed by atoms with Gasteiger partial charge in [-0.25, -0.2) is 9.97 Å². The Morgan fingerprint density at radius 2 is 1.20 bits per heavy atom. The Kier molecular flexibility index (Phi) is 4.35. The predicted molar refractivity (Wildman–Crippen MR) is 138 cm³/mol. The van der Waals surface area contributed by atoms with Gasteiger partial charge in [0.2, 0.25) is 0 Å². The Labute approximate surface area is 200 Å². The van der Waals surface area contributed by atoms with Crippen LogP contribution in [0.1, 0.15) is 0 Å². The molecule has 0 N–H and O–H groups in total. The topological polar surface area (TPSA) is 69.4 Å². The molecule has 4 heterocycles. The zero-order chi connectivity index (χ0) is 23.2. The molecule has 6 nitrogen and oxygen atoms in total. The SMILES string of the molecule is c1ccc(-n2nc3cccc(-c4ccc5ccc6ccc(-c7ccccn7)nc6c5n4)c3n2)cc1. The molecule has 7 rings (SSSR count). The van der Waals surface area contributed by atoms with Crippen molar-refractivity contribution in [3.8, 4) is 28.3 Å². The molecule has 0 aliphatic carbocycles. The lowest BCUT2D eigenvalue weighted by Crippen LogP contribution is -1.97. The quantitative estimate of drug-likeness (QED) is 0.298. The van der Waals surface area contributed by atoms with Crippen LogP contribution in [0.4, 0.5) is 0 Å². The molecule has 0 fully saturated rings. The maximum Gasteiger partial charge on any atom is 0.123 e. The van der Waals surface area contributed by atoms with E-state index in [-0.39, 0.29) is 0 Å². The highest BCUT2D eigenvalue weighted by Crippen LogP contribution is 2.30. The van der Waals surface area contributed by atoms with Crippen LogP contribution >= 0.6 is 0 Å². The summed E-state index contributed by atoms with van der Waals surface area (Å²) in [4.78, 5) is 16.2. The van der Waals surface area contributed by atoms with Crippen molar-refractivity contribution in [3.05, 3.63) is 109 Å². The molecular weight excluding hydrogens is 432 g/mol. The van der Waals surface area contributed by atoms with Gasteiger partial charge in [0.15, 0.2) is 0 Å². The summed E-state index contributed by atoms with van der Waals surface area (Å²) in [5.41, 5.74) is 7.68. The second-order valence-corrected chi connectivity index (χ2v) is 8.32. The molecule has 0 spiro atoms. The van der Waals surface area contributed by atoms with Crippen molar-refractivity contribution in [1.82, 2.24) is 29.9 Å². The lowest BCUT2D eigenvalue weighted by atomic mass is 10.1. The zero-order valence-electron chi connectivity index (χ0n) is 18.6. The third-order valence-electron chi connectivity index (χ3n) is 6.12. The Bertz CT molecular complexity index is 1840. The molecule has 0 bridgehead atoms. The van der Waals surface area contributed by atoms with Crippen LogP contribution in [0.3, 0.4) is 0 Å². The monoisotopic (exact) mass is 450 g/mol. The van der Waals surface area contributed by atoms with Crippen LogP contribution in [-0.2, 0) is 0 Å². The fraction of sp³-hybridized carbons (Fsp3) is 0. The van der Waals surface area contributed by atoms with E-state index < -0.39 is 0 Å². The molecule has 6 heteroatoms. The smallest absolute Gasteiger partial charge is 0.123 e. The summed E-state index contributed by atoms with van der Waals surface area (Å²) in [5.74, 6) is 0. The molecule has 164 valence electrons. The molecule has 0 amide bonds. The normalized spacial score (nSPS) is 11.4. The van der Waals surface area contributed by atoms with E-state index in [0.29, 0.717) is 0 Å². The molecule has 3 aromatic carbocycles. The van der Waals surface area contributed by atoms with E-state index in [4.69, 9.17) is 15.1 Å². The fourth-order valence-electron chi connectivity index (χ4n) is 4.39. The maximum atomic E-state index is 5.08. The first-order valence-corrected chi connectivity index (χ1v) is 11.4. The van der Waals surface area contributed by atoms with Crippen molar-refractivity contribution in [2.75, 3.05) is 0 Å². The highest BCUT2D eigenvalue weighted by Gasteiger charge is 2.14. The molecule has 7 aromatic rings. The lowest BCUT2D eigenvalue weighted by Gasteiger charge is -2.08. The van der Waals surface area contributed by atoms with Crippen molar-refractivity contribution in [1.29, 1.82) is 0 Å². The van der Waals surface area contributed by atoms with E-state index in [1.807, 2.05) is 78.9 Å². The van der Waals surface area contributed by atoms with E-state index in [9.17, 15) is 0 Å². The number of nitrogens with zero attached hydrogens (tertiary/aromatic N) is 6. The second kappa shape index (κ2) is 7.81. The number of rotatable bonds is 3. The van der Waals surface area contributed by atoms with E-state index in [0.717, 1.165) is 61.2 Å². The standard InChI is InChI=1S/C29H18N6/c1-2-7-21(8-3-1)35-33-26-11-6-9-22(29(26)34-35)23-16-14-19-12-13-20-15-17-25(24-10-4-5-18-30-24)32-28(20)27(19)31-23/h1-18H. The molecule has 0 aliphatic rings. The van der Waals surface area contributed by atoms with Crippen LogP contribution in [-0.4, -0.2) is 29.9 Å². The average Bonchev–Trinajstić information content (AvgIpc) is 3.38. The van der Waals surface area contributed by atoms with Crippen molar-refractivity contribution in [2.45, 2.75) is 0 Å². The van der Waals surface area contributed by atoms with Crippen LogP contribution in [0.2, 0.25) is 0 Å². The van der Waals surface area contributed by atoms with Gasteiger partial charge in [0.25, 0.3) is 0 Å². The van der Waals surface area contributed by atoms with Gasteiger partial charge in [-0.05, 0) is 42.5 Å². The third-order valence-corrected chi connectivity index (χ3v) is 6.12. The van der Waals surface area contributed by atoms with Crippen molar-refractivity contribution < 1.29 is 0 Å². The number of hydrogen-bond donors (Lipinski definition) is 0. The van der Waals surface area contributed by atoms with Gasteiger partial charge in [-0.1, -0.05) is 60.7 Å². The summed E-state index contributed by atoms with van der Waals surface area (Å²) in [5, 5.41) is 11.6. The number of pyridine rings is 3. The van der Waals surface area contributed by atoms with E-state index in [1.165, 1.54) is 0 Å². The van der Waals surface area contributed by atoms with Crippen molar-refractivity contribution in [3.63, 3.8) is 0 Å². The Morgan fingerprint density at radius 3 is 1.97 bits per heavy atom. The highest BCUT2D eigenvalue weighted by molar-refractivity contribution is 6.04. The van der Waals surface area contributed by atoms with Crippen molar-refractivity contribution >= 4 is 32.8 Å². The van der Waals surface area contributed by atoms with Gasteiger partial charge in [0.05, 0.1) is 33.8 Å². The van der Waals surface area contributed by atoms with Gasteiger partial charge in [-0.3, -0.25) is 4.98 Å². The minimum atomic E-state index is 0.811. The van der Waals surface area contributed by atoms with Gasteiger partial charge < -0.3 is 0 Å². The van der Waals surface area contributed by atoms with E-state index in [1.54, 1.807) is 11.0 Å². The van der Waals surface area contributed by atoms with Gasteiger partial charge in [0.1, 0.15) is 11.0 Å². The Morgan fingerprint density at radius 1 is 0.486 bits per heavy atom. The molecule has 35 heavy (non-hydrogen) atoms. The Hall–Kier alpha value is -4.97. The Balaban J connectivity index is 1.42. The van der Waals surface area contributed by atoms with Crippen molar-refractivity contribution in [2.24, 2.45) is 0 Å². The molecule has 0 atom stereocenters. The number of benzene rings is 3. The van der Waals surface area contributed by atoms with Gasteiger partial charge >= 0.3 is 0 Å². The average molecular weight is 451 g/mol. The third kappa shape index (κ3) is 3.31. The summed E-state index contributed by atoms with van der Waals surface area (Å²) in [6.07, 6.45) is 1.78. The van der Waals surface area contributed by atoms with Crippen LogP contribution in [0, 0.1) is 0 Å². The molecule has 0 radical (unpaired) electrons. The fourth-order valence-corrected chi connectivity index (χ4v) is 4.39. The molecule has 0 saturated heterocycles.